The van der Waals surface area contributed by atoms with Crippen LogP contribution in [-0.2, 0) is 14.8 Å². The van der Waals surface area contributed by atoms with Gasteiger partial charge in [-0.25, -0.2) is 8.42 Å². The Balaban J connectivity index is 1.68. The monoisotopic (exact) mass is 492 g/mol. The average Bonchev–Trinajstić information content (AvgIpc) is 2.99. The second-order valence-electron chi connectivity index (χ2n) is 7.12. The van der Waals surface area contributed by atoms with Crippen LogP contribution in [0.3, 0.4) is 0 Å². The summed E-state index contributed by atoms with van der Waals surface area (Å²) in [5.74, 6) is 0.528. The fraction of sp³-hybridized carbons (Fsp3) is 0.318. The van der Waals surface area contributed by atoms with Gasteiger partial charge in [-0.2, -0.15) is 4.31 Å². The first-order valence-electron chi connectivity index (χ1n) is 9.68. The van der Waals surface area contributed by atoms with E-state index in [1.54, 1.807) is 42.4 Å². The molecule has 1 aliphatic heterocycles. The maximum Gasteiger partial charge on any atom is 0.246 e. The summed E-state index contributed by atoms with van der Waals surface area (Å²) in [7, 11) is -1.98. The summed E-state index contributed by atoms with van der Waals surface area (Å²) >= 11 is 3.42. The van der Waals surface area contributed by atoms with E-state index in [2.05, 4.69) is 15.9 Å². The largest absolute Gasteiger partial charge is 0.496 e. The van der Waals surface area contributed by atoms with Gasteiger partial charge in [0.25, 0.3) is 0 Å². The predicted octanol–water partition coefficient (Wildman–Crippen LogP) is 3.70. The summed E-state index contributed by atoms with van der Waals surface area (Å²) < 4.78 is 33.5. The van der Waals surface area contributed by atoms with Gasteiger partial charge in [-0.05, 0) is 49.8 Å². The molecule has 0 unspecified atom stereocenters. The number of halogens is 1. The molecule has 160 valence electrons. The van der Waals surface area contributed by atoms with Crippen molar-refractivity contribution in [2.75, 3.05) is 33.3 Å². The molecule has 2 aromatic carbocycles. The standard InChI is InChI=1S/C22H25BrN2O4S/c1-17-4-8-20(9-5-17)30(27,28)25-13-3-12-24(14-15-25)22(26)11-6-18-16-19(23)7-10-21(18)29-2/h4-11,16H,3,12-15H2,1-2H3/b11-6+. The zero-order chi connectivity index (χ0) is 21.7. The van der Waals surface area contributed by atoms with Crippen LogP contribution < -0.4 is 4.74 Å². The Morgan fingerprint density at radius 2 is 1.80 bits per heavy atom. The van der Waals surface area contributed by atoms with E-state index in [1.807, 2.05) is 25.1 Å². The number of rotatable bonds is 5. The molecule has 1 amide bonds. The number of aryl methyl sites for hydroxylation is 1. The SMILES string of the molecule is COc1ccc(Br)cc1/C=C/C(=O)N1CCCN(S(=O)(=O)c2ccc(C)cc2)CC1. The van der Waals surface area contributed by atoms with Crippen LogP contribution >= 0.6 is 15.9 Å². The molecule has 0 aliphatic carbocycles. The topological polar surface area (TPSA) is 66.9 Å². The Morgan fingerprint density at radius 1 is 1.07 bits per heavy atom. The zero-order valence-electron chi connectivity index (χ0n) is 17.0. The number of hydrogen-bond acceptors (Lipinski definition) is 4. The Labute approximate surface area is 186 Å². The van der Waals surface area contributed by atoms with Gasteiger partial charge in [0.05, 0.1) is 12.0 Å². The minimum atomic E-state index is -3.56. The number of hydrogen-bond donors (Lipinski definition) is 0. The third-order valence-corrected chi connectivity index (χ3v) is 7.43. The van der Waals surface area contributed by atoms with E-state index in [4.69, 9.17) is 4.74 Å². The summed E-state index contributed by atoms with van der Waals surface area (Å²) in [6, 6.07) is 12.4. The molecular weight excluding hydrogens is 468 g/mol. The summed E-state index contributed by atoms with van der Waals surface area (Å²) in [6.07, 6.45) is 3.82. The van der Waals surface area contributed by atoms with Crippen molar-refractivity contribution >= 4 is 37.9 Å². The van der Waals surface area contributed by atoms with Crippen LogP contribution in [0.25, 0.3) is 6.08 Å². The number of benzene rings is 2. The molecule has 1 heterocycles. The molecule has 1 aliphatic rings. The van der Waals surface area contributed by atoms with Crippen molar-refractivity contribution in [2.24, 2.45) is 0 Å². The Kier molecular flexibility index (Phi) is 7.33. The van der Waals surface area contributed by atoms with Crippen LogP contribution in [0.4, 0.5) is 0 Å². The van der Waals surface area contributed by atoms with Gasteiger partial charge < -0.3 is 9.64 Å². The number of amides is 1. The normalized spacial score (nSPS) is 15.9. The molecule has 0 aromatic heterocycles. The van der Waals surface area contributed by atoms with Crippen LogP contribution in [0.1, 0.15) is 17.5 Å². The van der Waals surface area contributed by atoms with Gasteiger partial charge in [-0.15, -0.1) is 0 Å². The van der Waals surface area contributed by atoms with Gasteiger partial charge in [-0.3, -0.25) is 4.79 Å². The lowest BCUT2D eigenvalue weighted by Gasteiger charge is -2.21. The molecule has 3 rings (SSSR count). The highest BCUT2D eigenvalue weighted by atomic mass is 79.9. The van der Waals surface area contributed by atoms with E-state index in [-0.39, 0.29) is 17.3 Å². The fourth-order valence-corrected chi connectivity index (χ4v) is 5.16. The van der Waals surface area contributed by atoms with Gasteiger partial charge in [0.15, 0.2) is 0 Å². The highest BCUT2D eigenvalue weighted by Crippen LogP contribution is 2.24. The van der Waals surface area contributed by atoms with Crippen molar-refractivity contribution in [2.45, 2.75) is 18.2 Å². The second-order valence-corrected chi connectivity index (χ2v) is 9.97. The first-order valence-corrected chi connectivity index (χ1v) is 11.9. The number of carbonyl (C=O) groups is 1. The van der Waals surface area contributed by atoms with E-state index in [0.717, 1.165) is 15.6 Å². The third-order valence-electron chi connectivity index (χ3n) is 5.02. The predicted molar refractivity (Wildman–Crippen MR) is 121 cm³/mol. The fourth-order valence-electron chi connectivity index (χ4n) is 3.32. The van der Waals surface area contributed by atoms with E-state index in [0.29, 0.717) is 31.8 Å². The summed E-state index contributed by atoms with van der Waals surface area (Å²) in [5, 5.41) is 0. The van der Waals surface area contributed by atoms with Gasteiger partial charge >= 0.3 is 0 Å². The first kappa shape index (κ1) is 22.5. The minimum Gasteiger partial charge on any atom is -0.496 e. The number of carbonyl (C=O) groups excluding carboxylic acids is 1. The van der Waals surface area contributed by atoms with Crippen LogP contribution in [-0.4, -0.2) is 56.8 Å². The van der Waals surface area contributed by atoms with Crippen LogP contribution in [0.15, 0.2) is 57.9 Å². The smallest absolute Gasteiger partial charge is 0.246 e. The molecule has 0 radical (unpaired) electrons. The molecule has 1 fully saturated rings. The van der Waals surface area contributed by atoms with Gasteiger partial charge in [-0.1, -0.05) is 33.6 Å². The molecule has 30 heavy (non-hydrogen) atoms. The summed E-state index contributed by atoms with van der Waals surface area (Å²) in [6.45, 7) is 3.45. The van der Waals surface area contributed by atoms with Crippen LogP contribution in [0.2, 0.25) is 0 Å². The maximum atomic E-state index is 12.9. The van der Waals surface area contributed by atoms with Gasteiger partial charge in [0.2, 0.25) is 15.9 Å². The summed E-state index contributed by atoms with van der Waals surface area (Å²) in [4.78, 5) is 14.7. The van der Waals surface area contributed by atoms with Crippen molar-refractivity contribution < 1.29 is 17.9 Å². The molecular formula is C22H25BrN2O4S. The zero-order valence-corrected chi connectivity index (χ0v) is 19.4. The van der Waals surface area contributed by atoms with E-state index in [1.165, 1.54) is 10.4 Å². The molecule has 0 bridgehead atoms. The van der Waals surface area contributed by atoms with E-state index < -0.39 is 10.0 Å². The van der Waals surface area contributed by atoms with Crippen molar-refractivity contribution in [3.63, 3.8) is 0 Å². The number of ether oxygens (including phenoxy) is 1. The van der Waals surface area contributed by atoms with E-state index in [9.17, 15) is 13.2 Å². The third kappa shape index (κ3) is 5.30. The molecule has 0 N–H and O–H groups in total. The van der Waals surface area contributed by atoms with Gasteiger partial charge in [0, 0.05) is 42.3 Å². The van der Waals surface area contributed by atoms with Crippen molar-refractivity contribution in [1.82, 2.24) is 9.21 Å². The van der Waals surface area contributed by atoms with Crippen LogP contribution in [0.5, 0.6) is 5.75 Å². The minimum absolute atomic E-state index is 0.147. The Hall–Kier alpha value is -2.16. The van der Waals surface area contributed by atoms with Gasteiger partial charge in [0.1, 0.15) is 5.75 Å². The number of sulfonamides is 1. The van der Waals surface area contributed by atoms with E-state index >= 15 is 0 Å². The quantitative estimate of drug-likeness (QED) is 0.596. The lowest BCUT2D eigenvalue weighted by Crippen LogP contribution is -2.36. The first-order chi connectivity index (χ1) is 14.3. The van der Waals surface area contributed by atoms with Crippen molar-refractivity contribution in [1.29, 1.82) is 0 Å². The van der Waals surface area contributed by atoms with Crippen molar-refractivity contribution in [3.8, 4) is 5.75 Å². The highest BCUT2D eigenvalue weighted by Gasteiger charge is 2.27. The molecule has 1 saturated heterocycles. The maximum absolute atomic E-state index is 12.9. The lowest BCUT2D eigenvalue weighted by molar-refractivity contribution is -0.125. The molecule has 0 spiro atoms. The Morgan fingerprint density at radius 3 is 2.50 bits per heavy atom. The van der Waals surface area contributed by atoms with Crippen molar-refractivity contribution in [3.05, 3.63) is 64.1 Å². The molecule has 8 heteroatoms. The number of nitrogens with zero attached hydrogens (tertiary/aromatic N) is 2. The lowest BCUT2D eigenvalue weighted by atomic mass is 10.2. The molecule has 0 atom stereocenters. The summed E-state index contributed by atoms with van der Waals surface area (Å²) in [5.41, 5.74) is 1.80. The van der Waals surface area contributed by atoms with Crippen LogP contribution in [0, 0.1) is 6.92 Å². The number of methoxy groups -OCH3 is 1. The highest BCUT2D eigenvalue weighted by molar-refractivity contribution is 9.10. The molecule has 0 saturated carbocycles. The Bertz CT molecular complexity index is 1040. The molecule has 6 nitrogen and oxygen atoms in total. The average molecular weight is 493 g/mol. The second kappa shape index (κ2) is 9.76. The molecule has 2 aromatic rings.